The predicted octanol–water partition coefficient (Wildman–Crippen LogP) is 2.14. The van der Waals surface area contributed by atoms with Crippen LogP contribution in [0.25, 0.3) is 0 Å². The number of hydrogen-bond donors (Lipinski definition) is 1. The maximum Gasteiger partial charge on any atom is 0.305 e. The molecule has 0 spiro atoms. The van der Waals surface area contributed by atoms with Crippen molar-refractivity contribution in [2.24, 2.45) is 0 Å². The molecule has 1 aromatic carbocycles. The lowest BCUT2D eigenvalue weighted by Crippen LogP contribution is -2.30. The molecule has 0 aromatic heterocycles. The molecule has 5 nitrogen and oxygen atoms in total. The molecule has 116 valence electrons. The van der Waals surface area contributed by atoms with Crippen molar-refractivity contribution in [2.45, 2.75) is 33.6 Å². The van der Waals surface area contributed by atoms with E-state index < -0.39 is 0 Å². The van der Waals surface area contributed by atoms with Gasteiger partial charge in [0.1, 0.15) is 5.75 Å². The van der Waals surface area contributed by atoms with Crippen LogP contribution < -0.4 is 10.1 Å². The van der Waals surface area contributed by atoms with Crippen molar-refractivity contribution in [2.75, 3.05) is 19.8 Å². The third kappa shape index (κ3) is 6.79. The first-order chi connectivity index (χ1) is 10.0. The first-order valence-corrected chi connectivity index (χ1v) is 7.15. The number of esters is 1. The third-order valence-corrected chi connectivity index (χ3v) is 3.03. The minimum absolute atomic E-state index is 0.0259. The first-order valence-electron chi connectivity index (χ1n) is 7.15. The number of hydrogen-bond acceptors (Lipinski definition) is 4. The Morgan fingerprint density at radius 2 is 1.95 bits per heavy atom. The maximum absolute atomic E-state index is 11.6. The highest BCUT2D eigenvalue weighted by Crippen LogP contribution is 2.16. The molecule has 21 heavy (non-hydrogen) atoms. The largest absolute Gasteiger partial charge is 0.484 e. The van der Waals surface area contributed by atoms with E-state index >= 15 is 0 Å². The van der Waals surface area contributed by atoms with Gasteiger partial charge >= 0.3 is 5.97 Å². The van der Waals surface area contributed by atoms with Crippen LogP contribution in [0.2, 0.25) is 0 Å². The number of nitrogens with one attached hydrogen (secondary N) is 1. The number of aryl methyl sites for hydroxylation is 2. The van der Waals surface area contributed by atoms with Gasteiger partial charge in [0.15, 0.2) is 6.61 Å². The summed E-state index contributed by atoms with van der Waals surface area (Å²) < 4.78 is 10.2. The van der Waals surface area contributed by atoms with Gasteiger partial charge in [-0.1, -0.05) is 6.07 Å². The monoisotopic (exact) mass is 293 g/mol. The van der Waals surface area contributed by atoms with E-state index in [1.165, 1.54) is 5.56 Å². The van der Waals surface area contributed by atoms with Crippen LogP contribution in [0.15, 0.2) is 18.2 Å². The summed E-state index contributed by atoms with van der Waals surface area (Å²) in [6, 6.07) is 5.71. The third-order valence-electron chi connectivity index (χ3n) is 3.03. The maximum atomic E-state index is 11.6. The fourth-order valence-corrected chi connectivity index (χ4v) is 1.70. The van der Waals surface area contributed by atoms with E-state index in [1.54, 1.807) is 6.92 Å². The van der Waals surface area contributed by atoms with Crippen LogP contribution in [0.1, 0.15) is 30.9 Å². The van der Waals surface area contributed by atoms with Gasteiger partial charge in [0.05, 0.1) is 6.61 Å². The average molecular weight is 293 g/mol. The lowest BCUT2D eigenvalue weighted by Gasteiger charge is -2.09. The van der Waals surface area contributed by atoms with Crippen LogP contribution in [0.3, 0.4) is 0 Å². The molecule has 0 radical (unpaired) electrons. The molecule has 0 heterocycles. The highest BCUT2D eigenvalue weighted by atomic mass is 16.5. The molecule has 1 aromatic rings. The summed E-state index contributed by atoms with van der Waals surface area (Å²) in [7, 11) is 0. The summed E-state index contributed by atoms with van der Waals surface area (Å²) in [6.45, 7) is 6.58. The van der Waals surface area contributed by atoms with E-state index in [0.717, 1.165) is 5.56 Å². The second kappa shape index (κ2) is 9.00. The number of rotatable bonds is 8. The van der Waals surface area contributed by atoms with Crippen LogP contribution in [-0.2, 0) is 14.3 Å². The van der Waals surface area contributed by atoms with Gasteiger partial charge in [0.25, 0.3) is 5.91 Å². The van der Waals surface area contributed by atoms with Crippen molar-refractivity contribution in [1.29, 1.82) is 0 Å². The lowest BCUT2D eigenvalue weighted by atomic mass is 10.1. The summed E-state index contributed by atoms with van der Waals surface area (Å²) in [6.07, 6.45) is 0.875. The van der Waals surface area contributed by atoms with Gasteiger partial charge in [-0.3, -0.25) is 9.59 Å². The molecule has 0 atom stereocenters. The second-order valence-electron chi connectivity index (χ2n) is 4.79. The van der Waals surface area contributed by atoms with Crippen LogP contribution in [0, 0.1) is 13.8 Å². The summed E-state index contributed by atoms with van der Waals surface area (Å²) in [5, 5.41) is 2.70. The number of benzene rings is 1. The zero-order valence-corrected chi connectivity index (χ0v) is 12.9. The fourth-order valence-electron chi connectivity index (χ4n) is 1.70. The fraction of sp³-hybridized carbons (Fsp3) is 0.500. The van der Waals surface area contributed by atoms with Crippen molar-refractivity contribution in [3.63, 3.8) is 0 Å². The predicted molar refractivity (Wildman–Crippen MR) is 80.3 cm³/mol. The molecule has 1 N–H and O–H groups in total. The normalized spacial score (nSPS) is 10.0. The van der Waals surface area contributed by atoms with E-state index in [2.05, 4.69) is 5.32 Å². The van der Waals surface area contributed by atoms with Crippen molar-refractivity contribution in [3.05, 3.63) is 29.3 Å². The van der Waals surface area contributed by atoms with Crippen molar-refractivity contribution in [3.8, 4) is 5.75 Å². The molecule has 0 aliphatic rings. The van der Waals surface area contributed by atoms with Gasteiger partial charge < -0.3 is 14.8 Å². The van der Waals surface area contributed by atoms with Gasteiger partial charge in [0, 0.05) is 13.0 Å². The van der Waals surface area contributed by atoms with Gasteiger partial charge in [0.2, 0.25) is 0 Å². The number of carbonyl (C=O) groups excluding carboxylic acids is 2. The molecule has 0 bridgehead atoms. The number of amides is 1. The van der Waals surface area contributed by atoms with Crippen LogP contribution in [-0.4, -0.2) is 31.6 Å². The van der Waals surface area contributed by atoms with Crippen molar-refractivity contribution in [1.82, 2.24) is 5.32 Å². The molecule has 0 saturated heterocycles. The smallest absolute Gasteiger partial charge is 0.305 e. The lowest BCUT2D eigenvalue weighted by molar-refractivity contribution is -0.143. The van der Waals surface area contributed by atoms with E-state index in [4.69, 9.17) is 9.47 Å². The number of ether oxygens (including phenoxy) is 2. The molecule has 0 aliphatic heterocycles. The van der Waals surface area contributed by atoms with E-state index in [0.29, 0.717) is 31.7 Å². The molecule has 1 amide bonds. The molecule has 0 fully saturated rings. The molecular formula is C16H23NO4. The summed E-state index contributed by atoms with van der Waals surface area (Å²) in [5.74, 6) is 0.245. The Balaban J connectivity index is 2.19. The quantitative estimate of drug-likeness (QED) is 0.589. The van der Waals surface area contributed by atoms with Crippen LogP contribution in [0.5, 0.6) is 5.75 Å². The molecule has 0 aliphatic carbocycles. The SMILES string of the molecule is CCOC(=O)CCCNC(=O)COc1ccc(C)c(C)c1. The summed E-state index contributed by atoms with van der Waals surface area (Å²) in [4.78, 5) is 22.7. The van der Waals surface area contributed by atoms with Gasteiger partial charge in [-0.25, -0.2) is 0 Å². The molecular weight excluding hydrogens is 270 g/mol. The van der Waals surface area contributed by atoms with Gasteiger partial charge in [-0.2, -0.15) is 0 Å². The van der Waals surface area contributed by atoms with Crippen molar-refractivity contribution < 1.29 is 19.1 Å². The van der Waals surface area contributed by atoms with Gasteiger partial charge in [-0.05, 0) is 50.5 Å². The number of carbonyl (C=O) groups is 2. The Hall–Kier alpha value is -2.04. The summed E-state index contributed by atoms with van der Waals surface area (Å²) in [5.41, 5.74) is 2.31. The summed E-state index contributed by atoms with van der Waals surface area (Å²) >= 11 is 0. The Bertz CT molecular complexity index is 485. The second-order valence-corrected chi connectivity index (χ2v) is 4.79. The Kier molecular flexibility index (Phi) is 7.29. The molecule has 0 saturated carbocycles. The minimum atomic E-state index is -0.238. The zero-order chi connectivity index (χ0) is 15.7. The standard InChI is InChI=1S/C16H23NO4/c1-4-20-16(19)6-5-9-17-15(18)11-21-14-8-7-12(2)13(3)10-14/h7-8,10H,4-6,9,11H2,1-3H3,(H,17,18). The molecule has 5 heteroatoms. The Morgan fingerprint density at radius 1 is 1.19 bits per heavy atom. The topological polar surface area (TPSA) is 64.6 Å². The zero-order valence-electron chi connectivity index (χ0n) is 12.9. The molecule has 1 rings (SSSR count). The van der Waals surface area contributed by atoms with E-state index in [9.17, 15) is 9.59 Å². The van der Waals surface area contributed by atoms with Crippen molar-refractivity contribution >= 4 is 11.9 Å². The van der Waals surface area contributed by atoms with Gasteiger partial charge in [-0.15, -0.1) is 0 Å². The first kappa shape index (κ1) is 17.0. The highest BCUT2D eigenvalue weighted by Gasteiger charge is 2.05. The van der Waals surface area contributed by atoms with E-state index in [-0.39, 0.29) is 18.5 Å². The van der Waals surface area contributed by atoms with Crippen LogP contribution >= 0.6 is 0 Å². The molecule has 0 unspecified atom stereocenters. The van der Waals surface area contributed by atoms with E-state index in [1.807, 2.05) is 32.0 Å². The highest BCUT2D eigenvalue weighted by molar-refractivity contribution is 5.77. The Labute approximate surface area is 125 Å². The average Bonchev–Trinajstić information content (AvgIpc) is 2.45. The Morgan fingerprint density at radius 3 is 2.62 bits per heavy atom. The minimum Gasteiger partial charge on any atom is -0.484 e. The van der Waals surface area contributed by atoms with Crippen LogP contribution in [0.4, 0.5) is 0 Å².